The molecule has 1 aliphatic heterocycles. The van der Waals surface area contributed by atoms with Crippen molar-refractivity contribution in [3.63, 3.8) is 0 Å². The fourth-order valence-electron chi connectivity index (χ4n) is 4.73. The van der Waals surface area contributed by atoms with Crippen LogP contribution in [0.4, 0.5) is 4.39 Å². The smallest absolute Gasteiger partial charge is 0.179 e. The van der Waals surface area contributed by atoms with E-state index in [9.17, 15) is 19.4 Å². The van der Waals surface area contributed by atoms with Crippen molar-refractivity contribution in [1.29, 1.82) is 0 Å². The highest BCUT2D eigenvalue weighted by Crippen LogP contribution is 2.49. The van der Waals surface area contributed by atoms with Gasteiger partial charge in [-0.1, -0.05) is 12.1 Å². The van der Waals surface area contributed by atoms with E-state index in [1.807, 2.05) is 6.92 Å². The first kappa shape index (κ1) is 18.1. The Balaban J connectivity index is 1.42. The number of hydrogen-bond acceptors (Lipinski definition) is 4. The third-order valence-corrected chi connectivity index (χ3v) is 6.27. The van der Waals surface area contributed by atoms with E-state index in [4.69, 9.17) is 0 Å². The van der Waals surface area contributed by atoms with Gasteiger partial charge in [0.2, 0.25) is 0 Å². The second kappa shape index (κ2) is 6.73. The summed E-state index contributed by atoms with van der Waals surface area (Å²) in [7, 11) is 0. The Bertz CT molecular complexity index is 820. The Morgan fingerprint density at radius 1 is 1.07 bits per heavy atom. The number of phenols is 1. The number of Topliss-reactive ketones (excluding diaryl/α,β-unsaturated/α-hetero) is 1. The van der Waals surface area contributed by atoms with Crippen LogP contribution in [-0.4, -0.2) is 40.0 Å². The minimum Gasteiger partial charge on any atom is -0.508 e. The van der Waals surface area contributed by atoms with Gasteiger partial charge in [-0.15, -0.1) is 0 Å². The number of likely N-dealkylation sites (tertiary alicyclic amines) is 1. The molecular weight excluding hydrogens is 345 g/mol. The van der Waals surface area contributed by atoms with Gasteiger partial charge >= 0.3 is 0 Å². The molecule has 1 saturated carbocycles. The summed E-state index contributed by atoms with van der Waals surface area (Å²) in [6.07, 6.45) is 1.28. The highest BCUT2D eigenvalue weighted by atomic mass is 19.1. The van der Waals surface area contributed by atoms with Crippen molar-refractivity contribution in [2.24, 2.45) is 11.8 Å². The average molecular weight is 369 g/mol. The normalized spacial score (nSPS) is 28.9. The largest absolute Gasteiger partial charge is 0.508 e. The Hall–Kier alpha value is -2.24. The fraction of sp³-hybridized carbons (Fsp3) is 0.409. The summed E-state index contributed by atoms with van der Waals surface area (Å²) < 4.78 is 13.2. The molecule has 1 heterocycles. The van der Waals surface area contributed by atoms with E-state index in [-0.39, 0.29) is 23.4 Å². The Morgan fingerprint density at radius 2 is 1.63 bits per heavy atom. The number of halogens is 1. The zero-order valence-electron chi connectivity index (χ0n) is 15.3. The number of aliphatic hydroxyl groups is 1. The molecule has 0 radical (unpaired) electrons. The molecule has 3 unspecified atom stereocenters. The van der Waals surface area contributed by atoms with Gasteiger partial charge in [0.05, 0.1) is 11.6 Å². The minimum atomic E-state index is -0.903. The van der Waals surface area contributed by atoms with Crippen LogP contribution >= 0.6 is 0 Å². The molecule has 5 heteroatoms. The zero-order chi connectivity index (χ0) is 19.2. The summed E-state index contributed by atoms with van der Waals surface area (Å²) in [4.78, 5) is 14.9. The van der Waals surface area contributed by atoms with Crippen LogP contribution < -0.4 is 0 Å². The van der Waals surface area contributed by atoms with Crippen molar-refractivity contribution < 1.29 is 19.4 Å². The molecule has 2 aliphatic rings. The number of nitrogens with zero attached hydrogens (tertiary/aromatic N) is 1. The van der Waals surface area contributed by atoms with E-state index in [1.54, 1.807) is 24.3 Å². The molecule has 3 atom stereocenters. The molecule has 2 fully saturated rings. The quantitative estimate of drug-likeness (QED) is 0.812. The van der Waals surface area contributed by atoms with E-state index >= 15 is 0 Å². The van der Waals surface area contributed by atoms with E-state index in [2.05, 4.69) is 4.90 Å². The van der Waals surface area contributed by atoms with Crippen LogP contribution in [0.1, 0.15) is 35.7 Å². The summed E-state index contributed by atoms with van der Waals surface area (Å²) >= 11 is 0. The summed E-state index contributed by atoms with van der Waals surface area (Å²) in [5.74, 6) is 0.553. The number of ketones is 1. The number of carbonyl (C=O) groups excluding carboxylic acids is 1. The number of aromatic hydroxyl groups is 1. The van der Waals surface area contributed by atoms with Crippen molar-refractivity contribution in [2.75, 3.05) is 13.1 Å². The van der Waals surface area contributed by atoms with Crippen molar-refractivity contribution in [3.05, 3.63) is 65.5 Å². The molecule has 0 spiro atoms. The van der Waals surface area contributed by atoms with Crippen molar-refractivity contribution in [2.45, 2.75) is 31.4 Å². The minimum absolute atomic E-state index is 0.0452. The van der Waals surface area contributed by atoms with Crippen LogP contribution in [0.15, 0.2) is 48.5 Å². The maximum atomic E-state index is 13.2. The number of phenolic OH excluding ortho intramolecular Hbond substituents is 1. The average Bonchev–Trinajstić information content (AvgIpc) is 3.17. The van der Waals surface area contributed by atoms with Crippen LogP contribution in [0.3, 0.4) is 0 Å². The first-order valence-corrected chi connectivity index (χ1v) is 9.41. The monoisotopic (exact) mass is 369 g/mol. The van der Waals surface area contributed by atoms with E-state index < -0.39 is 5.60 Å². The second-order valence-corrected chi connectivity index (χ2v) is 8.01. The highest BCUT2D eigenvalue weighted by molar-refractivity contribution is 5.99. The number of hydrogen-bond donors (Lipinski definition) is 2. The standard InChI is InChI=1S/C22H24FNO3/c1-14(21(26)15-2-8-20(25)9-3-15)24-12-16-10-22(27,11-17(16)13-24)18-4-6-19(23)7-5-18/h2-9,14,16-17,25,27H,10-13H2,1H3. The molecule has 4 rings (SSSR count). The lowest BCUT2D eigenvalue weighted by Crippen LogP contribution is -2.39. The number of carbonyl (C=O) groups is 1. The van der Waals surface area contributed by atoms with Gasteiger partial charge < -0.3 is 10.2 Å². The zero-order valence-corrected chi connectivity index (χ0v) is 15.3. The van der Waals surface area contributed by atoms with Gasteiger partial charge in [-0.3, -0.25) is 9.69 Å². The predicted octanol–water partition coefficient (Wildman–Crippen LogP) is 3.33. The lowest BCUT2D eigenvalue weighted by Gasteiger charge is -2.28. The van der Waals surface area contributed by atoms with E-state index in [0.29, 0.717) is 30.2 Å². The number of fused-ring (bicyclic) bond motifs is 1. The third-order valence-electron chi connectivity index (χ3n) is 6.27. The first-order valence-electron chi connectivity index (χ1n) is 9.41. The molecule has 1 aliphatic carbocycles. The summed E-state index contributed by atoms with van der Waals surface area (Å²) in [5, 5.41) is 20.5. The molecule has 142 valence electrons. The molecule has 1 saturated heterocycles. The summed E-state index contributed by atoms with van der Waals surface area (Å²) in [5.41, 5.74) is 0.470. The maximum absolute atomic E-state index is 13.2. The molecule has 0 bridgehead atoms. The van der Waals surface area contributed by atoms with E-state index in [1.165, 1.54) is 24.3 Å². The topological polar surface area (TPSA) is 60.8 Å². The molecular formula is C22H24FNO3. The van der Waals surface area contributed by atoms with Crippen molar-refractivity contribution >= 4 is 5.78 Å². The lowest BCUT2D eigenvalue weighted by atomic mass is 9.90. The van der Waals surface area contributed by atoms with Gasteiger partial charge in [-0.25, -0.2) is 4.39 Å². The van der Waals surface area contributed by atoms with Crippen LogP contribution in [0.25, 0.3) is 0 Å². The van der Waals surface area contributed by atoms with Crippen LogP contribution in [-0.2, 0) is 5.60 Å². The molecule has 2 N–H and O–H groups in total. The second-order valence-electron chi connectivity index (χ2n) is 8.01. The van der Waals surface area contributed by atoms with Crippen LogP contribution in [0.5, 0.6) is 5.75 Å². The van der Waals surface area contributed by atoms with Gasteiger partial charge in [-0.05, 0) is 73.6 Å². The van der Waals surface area contributed by atoms with Gasteiger partial charge in [0.15, 0.2) is 5.78 Å². The third kappa shape index (κ3) is 3.37. The van der Waals surface area contributed by atoms with Crippen molar-refractivity contribution in [1.82, 2.24) is 4.90 Å². The maximum Gasteiger partial charge on any atom is 0.179 e. The highest BCUT2D eigenvalue weighted by Gasteiger charge is 2.50. The lowest BCUT2D eigenvalue weighted by molar-refractivity contribution is 0.0297. The molecule has 0 amide bonds. The fourth-order valence-corrected chi connectivity index (χ4v) is 4.73. The molecule has 2 aromatic rings. The van der Waals surface area contributed by atoms with Crippen LogP contribution in [0.2, 0.25) is 0 Å². The van der Waals surface area contributed by atoms with Gasteiger partial charge in [0.25, 0.3) is 0 Å². The Morgan fingerprint density at radius 3 is 2.19 bits per heavy atom. The molecule has 0 aromatic heterocycles. The molecule has 2 aromatic carbocycles. The molecule has 4 nitrogen and oxygen atoms in total. The van der Waals surface area contributed by atoms with E-state index in [0.717, 1.165) is 18.7 Å². The van der Waals surface area contributed by atoms with Crippen molar-refractivity contribution in [3.8, 4) is 5.75 Å². The van der Waals surface area contributed by atoms with Gasteiger partial charge in [0.1, 0.15) is 11.6 Å². The predicted molar refractivity (Wildman–Crippen MR) is 100.0 cm³/mol. The molecule has 27 heavy (non-hydrogen) atoms. The van der Waals surface area contributed by atoms with Gasteiger partial charge in [-0.2, -0.15) is 0 Å². The first-order chi connectivity index (χ1) is 12.9. The Kier molecular flexibility index (Phi) is 4.52. The number of rotatable bonds is 4. The van der Waals surface area contributed by atoms with Crippen LogP contribution in [0, 0.1) is 17.7 Å². The summed E-state index contributed by atoms with van der Waals surface area (Å²) in [6, 6.07) is 12.3. The SMILES string of the molecule is CC(C(=O)c1ccc(O)cc1)N1CC2CC(O)(c3ccc(F)cc3)CC2C1. The summed E-state index contributed by atoms with van der Waals surface area (Å²) in [6.45, 7) is 3.47. The van der Waals surface area contributed by atoms with Gasteiger partial charge in [0, 0.05) is 18.7 Å². The number of benzene rings is 2. The Labute approximate surface area is 158 Å².